The minimum Gasteiger partial charge on any atom is -0.463 e. The van der Waals surface area contributed by atoms with E-state index in [4.69, 9.17) is 30.5 Å². The Hall–Kier alpha value is -3.18. The predicted molar refractivity (Wildman–Crippen MR) is 114 cm³/mol. The Kier molecular flexibility index (Phi) is 9.18. The SMILES string of the molecule is CC(=O)OC[C@H]1O[C@H](C(C)=O)[C@H](NC(=O)Nc2ccc(Cl)cc2)[C@@H](OC(C)=O)[C@@H]1OC(C)=O. The van der Waals surface area contributed by atoms with Crippen LogP contribution in [0.2, 0.25) is 5.02 Å². The van der Waals surface area contributed by atoms with Crippen LogP contribution in [0.15, 0.2) is 24.3 Å². The number of urea groups is 1. The molecule has 2 amide bonds. The number of amides is 2. The number of rotatable bonds is 7. The first kappa shape index (κ1) is 26.1. The van der Waals surface area contributed by atoms with Crippen LogP contribution in [-0.2, 0) is 38.1 Å². The summed E-state index contributed by atoms with van der Waals surface area (Å²) < 4.78 is 21.4. The Labute approximate surface area is 195 Å². The van der Waals surface area contributed by atoms with Crippen molar-refractivity contribution in [3.05, 3.63) is 29.3 Å². The van der Waals surface area contributed by atoms with Crippen LogP contribution in [0, 0.1) is 0 Å². The molecule has 12 heteroatoms. The minimum atomic E-state index is -1.31. The van der Waals surface area contributed by atoms with E-state index in [0.29, 0.717) is 10.7 Å². The number of anilines is 1. The molecular formula is C21H25ClN2O9. The van der Waals surface area contributed by atoms with E-state index >= 15 is 0 Å². The second-order valence-electron chi connectivity index (χ2n) is 7.29. The number of benzene rings is 1. The molecule has 33 heavy (non-hydrogen) atoms. The standard InChI is InChI=1S/C21H25ClN2O9/c1-10(25)18-17(24-21(29)23-15-7-5-14(22)6-8-15)20(32-13(4)28)19(31-12(3)27)16(33-18)9-30-11(2)26/h5-8,16-20H,9H2,1-4H3,(H2,23,24,29)/t16-,17+,18-,19-,20-/m1/s1. The van der Waals surface area contributed by atoms with Gasteiger partial charge in [-0.2, -0.15) is 0 Å². The molecule has 0 bridgehead atoms. The maximum atomic E-state index is 12.7. The largest absolute Gasteiger partial charge is 0.463 e. The van der Waals surface area contributed by atoms with Crippen molar-refractivity contribution in [2.75, 3.05) is 11.9 Å². The molecule has 1 aromatic rings. The van der Waals surface area contributed by atoms with Crippen molar-refractivity contribution >= 4 is 47.0 Å². The number of halogens is 1. The maximum absolute atomic E-state index is 12.7. The van der Waals surface area contributed by atoms with Gasteiger partial charge in [0.05, 0.1) is 0 Å². The van der Waals surface area contributed by atoms with Crippen LogP contribution in [0.3, 0.4) is 0 Å². The van der Waals surface area contributed by atoms with Gasteiger partial charge in [0.25, 0.3) is 0 Å². The van der Waals surface area contributed by atoms with Crippen LogP contribution in [0.25, 0.3) is 0 Å². The van der Waals surface area contributed by atoms with Gasteiger partial charge in [-0.25, -0.2) is 4.79 Å². The lowest BCUT2D eigenvalue weighted by Gasteiger charge is -2.44. The molecule has 0 aromatic heterocycles. The smallest absolute Gasteiger partial charge is 0.319 e. The third kappa shape index (κ3) is 7.72. The average molecular weight is 485 g/mol. The Balaban J connectivity index is 2.35. The summed E-state index contributed by atoms with van der Waals surface area (Å²) in [6, 6.07) is 4.28. The van der Waals surface area contributed by atoms with Crippen molar-refractivity contribution in [3.8, 4) is 0 Å². The first-order chi connectivity index (χ1) is 15.5. The molecule has 1 aliphatic heterocycles. The average Bonchev–Trinajstić information content (AvgIpc) is 2.70. The monoisotopic (exact) mass is 484 g/mol. The zero-order valence-electron chi connectivity index (χ0n) is 18.5. The zero-order chi connectivity index (χ0) is 24.7. The number of hydrogen-bond donors (Lipinski definition) is 2. The molecule has 1 aromatic carbocycles. The molecular weight excluding hydrogens is 460 g/mol. The lowest BCUT2D eigenvalue weighted by atomic mass is 9.90. The van der Waals surface area contributed by atoms with E-state index in [0.717, 1.165) is 13.8 Å². The molecule has 2 N–H and O–H groups in total. The Morgan fingerprint density at radius 3 is 2.00 bits per heavy atom. The molecule has 2 rings (SSSR count). The normalized spacial score (nSPS) is 24.2. The number of ketones is 1. The lowest BCUT2D eigenvalue weighted by molar-refractivity contribution is -0.220. The number of carbonyl (C=O) groups excluding carboxylic acids is 5. The Morgan fingerprint density at radius 2 is 1.48 bits per heavy atom. The predicted octanol–water partition coefficient (Wildman–Crippen LogP) is 1.61. The fourth-order valence-corrected chi connectivity index (χ4v) is 3.42. The Bertz CT molecular complexity index is 906. The second-order valence-corrected chi connectivity index (χ2v) is 7.72. The van der Waals surface area contributed by atoms with E-state index < -0.39 is 60.2 Å². The topological polar surface area (TPSA) is 146 Å². The summed E-state index contributed by atoms with van der Waals surface area (Å²) in [5.41, 5.74) is 0.404. The number of nitrogens with one attached hydrogen (secondary N) is 2. The highest BCUT2D eigenvalue weighted by Gasteiger charge is 2.52. The van der Waals surface area contributed by atoms with Crippen LogP contribution in [-0.4, -0.2) is 66.8 Å². The third-order valence-corrected chi connectivity index (χ3v) is 4.80. The molecule has 1 heterocycles. The number of Topliss-reactive ketones (excluding diaryl/α,β-unsaturated/α-hetero) is 1. The zero-order valence-corrected chi connectivity index (χ0v) is 19.2. The van der Waals surface area contributed by atoms with Gasteiger partial charge in [0.15, 0.2) is 18.0 Å². The van der Waals surface area contributed by atoms with Crippen molar-refractivity contribution in [1.82, 2.24) is 5.32 Å². The van der Waals surface area contributed by atoms with E-state index in [-0.39, 0.29) is 6.61 Å². The molecule has 0 aliphatic carbocycles. The number of esters is 3. The van der Waals surface area contributed by atoms with Crippen LogP contribution < -0.4 is 10.6 Å². The second kappa shape index (κ2) is 11.6. The summed E-state index contributed by atoms with van der Waals surface area (Å²) in [5.74, 6) is -2.62. The van der Waals surface area contributed by atoms with Gasteiger partial charge in [0.2, 0.25) is 0 Å². The highest BCUT2D eigenvalue weighted by Crippen LogP contribution is 2.28. The Morgan fingerprint density at radius 1 is 0.909 bits per heavy atom. The van der Waals surface area contributed by atoms with Gasteiger partial charge in [0, 0.05) is 31.5 Å². The van der Waals surface area contributed by atoms with E-state index in [2.05, 4.69) is 10.6 Å². The molecule has 1 fully saturated rings. The molecule has 1 saturated heterocycles. The molecule has 0 unspecified atom stereocenters. The van der Waals surface area contributed by atoms with Crippen molar-refractivity contribution in [3.63, 3.8) is 0 Å². The van der Waals surface area contributed by atoms with E-state index in [9.17, 15) is 24.0 Å². The van der Waals surface area contributed by atoms with E-state index in [1.165, 1.54) is 13.8 Å². The number of carbonyl (C=O) groups is 5. The van der Waals surface area contributed by atoms with Crippen LogP contribution in [0.5, 0.6) is 0 Å². The van der Waals surface area contributed by atoms with Gasteiger partial charge >= 0.3 is 23.9 Å². The molecule has 180 valence electrons. The number of ether oxygens (including phenoxy) is 4. The fourth-order valence-electron chi connectivity index (χ4n) is 3.30. The molecule has 0 spiro atoms. The van der Waals surface area contributed by atoms with Gasteiger partial charge in [-0.3, -0.25) is 19.2 Å². The fraction of sp³-hybridized carbons (Fsp3) is 0.476. The molecule has 5 atom stereocenters. The minimum absolute atomic E-state index is 0.376. The number of hydrogen-bond acceptors (Lipinski definition) is 9. The van der Waals surface area contributed by atoms with Gasteiger partial charge in [0.1, 0.15) is 24.9 Å². The summed E-state index contributed by atoms with van der Waals surface area (Å²) in [7, 11) is 0. The highest BCUT2D eigenvalue weighted by atomic mass is 35.5. The first-order valence-corrected chi connectivity index (χ1v) is 10.3. The quantitative estimate of drug-likeness (QED) is 0.435. The van der Waals surface area contributed by atoms with Crippen molar-refractivity contribution in [2.24, 2.45) is 0 Å². The molecule has 0 radical (unpaired) electrons. The molecule has 11 nitrogen and oxygen atoms in total. The summed E-state index contributed by atoms with van der Waals surface area (Å²) >= 11 is 5.84. The van der Waals surface area contributed by atoms with Crippen molar-refractivity contribution in [2.45, 2.75) is 58.2 Å². The molecule has 1 aliphatic rings. The first-order valence-electron chi connectivity index (χ1n) is 9.94. The van der Waals surface area contributed by atoms with Crippen molar-refractivity contribution in [1.29, 1.82) is 0 Å². The molecule has 0 saturated carbocycles. The lowest BCUT2D eigenvalue weighted by Crippen LogP contribution is -2.68. The van der Waals surface area contributed by atoms with Crippen LogP contribution in [0.1, 0.15) is 27.7 Å². The van der Waals surface area contributed by atoms with Gasteiger partial charge < -0.3 is 29.6 Å². The summed E-state index contributed by atoms with van der Waals surface area (Å²) in [6.07, 6.45) is -5.01. The van der Waals surface area contributed by atoms with Gasteiger partial charge in [-0.1, -0.05) is 11.6 Å². The summed E-state index contributed by atoms with van der Waals surface area (Å²) in [5, 5.41) is 5.58. The summed E-state index contributed by atoms with van der Waals surface area (Å²) in [4.78, 5) is 59.9. The van der Waals surface area contributed by atoms with Gasteiger partial charge in [-0.15, -0.1) is 0 Å². The summed E-state index contributed by atoms with van der Waals surface area (Å²) in [6.45, 7) is 4.26. The highest BCUT2D eigenvalue weighted by molar-refractivity contribution is 6.30. The van der Waals surface area contributed by atoms with Crippen molar-refractivity contribution < 1.29 is 42.9 Å². The third-order valence-electron chi connectivity index (χ3n) is 4.55. The van der Waals surface area contributed by atoms with Crippen LogP contribution in [0.4, 0.5) is 10.5 Å². The van der Waals surface area contributed by atoms with Gasteiger partial charge in [-0.05, 0) is 31.2 Å². The van der Waals surface area contributed by atoms with E-state index in [1.54, 1.807) is 24.3 Å². The maximum Gasteiger partial charge on any atom is 0.319 e. The van der Waals surface area contributed by atoms with Crippen LogP contribution >= 0.6 is 11.6 Å². The van der Waals surface area contributed by atoms with E-state index in [1.807, 2.05) is 0 Å².